The lowest BCUT2D eigenvalue weighted by molar-refractivity contribution is -0.114. The molecule has 1 amide bonds. The van der Waals surface area contributed by atoms with Crippen LogP contribution in [0.5, 0.6) is 0 Å². The van der Waals surface area contributed by atoms with E-state index >= 15 is 0 Å². The molecular weight excluding hydrogens is 514 g/mol. The summed E-state index contributed by atoms with van der Waals surface area (Å²) in [7, 11) is -3.95. The van der Waals surface area contributed by atoms with Crippen molar-refractivity contribution in [2.24, 2.45) is 0 Å². The predicted octanol–water partition coefficient (Wildman–Crippen LogP) is 5.58. The lowest BCUT2D eigenvalue weighted by atomic mass is 10.1. The maximum Gasteiger partial charge on any atom is 0.264 e. The molecule has 4 rings (SSSR count). The van der Waals surface area contributed by atoms with Gasteiger partial charge in [-0.3, -0.25) is 9.10 Å². The van der Waals surface area contributed by atoms with Crippen LogP contribution in [0.3, 0.4) is 0 Å². The summed E-state index contributed by atoms with van der Waals surface area (Å²) in [6.07, 6.45) is 3.66. The van der Waals surface area contributed by atoms with Crippen LogP contribution in [0.1, 0.15) is 24.8 Å². The Morgan fingerprint density at radius 1 is 0.971 bits per heavy atom. The molecule has 8 heteroatoms. The van der Waals surface area contributed by atoms with Crippen LogP contribution in [-0.2, 0) is 14.8 Å². The van der Waals surface area contributed by atoms with E-state index in [0.29, 0.717) is 11.4 Å². The summed E-state index contributed by atoms with van der Waals surface area (Å²) < 4.78 is 28.8. The molecule has 0 aliphatic carbocycles. The minimum absolute atomic E-state index is 0.136. The number of hydrogen-bond acceptors (Lipinski definition) is 4. The molecular formula is C26H28BrN3O3S. The normalized spacial score (nSPS) is 14.0. The highest BCUT2D eigenvalue weighted by molar-refractivity contribution is 9.10. The van der Waals surface area contributed by atoms with E-state index in [-0.39, 0.29) is 11.4 Å². The number of halogens is 1. The van der Waals surface area contributed by atoms with Gasteiger partial charge in [0, 0.05) is 28.9 Å². The monoisotopic (exact) mass is 541 g/mol. The Kier molecular flexibility index (Phi) is 7.58. The maximum atomic E-state index is 13.5. The zero-order valence-corrected chi connectivity index (χ0v) is 21.5. The Morgan fingerprint density at radius 2 is 1.65 bits per heavy atom. The number of benzene rings is 3. The third-order valence-electron chi connectivity index (χ3n) is 5.86. The average molecular weight is 542 g/mol. The van der Waals surface area contributed by atoms with Crippen LogP contribution in [0.15, 0.2) is 82.2 Å². The molecule has 0 unspecified atom stereocenters. The zero-order chi connectivity index (χ0) is 24.1. The van der Waals surface area contributed by atoms with Gasteiger partial charge in [0.1, 0.15) is 6.54 Å². The van der Waals surface area contributed by atoms with E-state index < -0.39 is 15.9 Å². The lowest BCUT2D eigenvalue weighted by Crippen LogP contribution is -2.38. The fraction of sp³-hybridized carbons (Fsp3) is 0.269. The van der Waals surface area contributed by atoms with Gasteiger partial charge in [0.25, 0.3) is 10.0 Å². The van der Waals surface area contributed by atoms with Gasteiger partial charge in [-0.1, -0.05) is 39.7 Å². The summed E-state index contributed by atoms with van der Waals surface area (Å²) in [6.45, 7) is 3.64. The number of carbonyl (C=O) groups excluding carboxylic acids is 1. The number of amides is 1. The van der Waals surface area contributed by atoms with Gasteiger partial charge in [0.15, 0.2) is 0 Å². The van der Waals surface area contributed by atoms with E-state index in [1.54, 1.807) is 42.5 Å². The largest absolute Gasteiger partial charge is 0.372 e. The first-order valence-electron chi connectivity index (χ1n) is 11.3. The third kappa shape index (κ3) is 5.80. The Morgan fingerprint density at radius 3 is 2.29 bits per heavy atom. The molecule has 1 N–H and O–H groups in total. The summed E-state index contributed by atoms with van der Waals surface area (Å²) in [4.78, 5) is 15.4. The van der Waals surface area contributed by atoms with Gasteiger partial charge in [0.2, 0.25) is 5.91 Å². The highest BCUT2D eigenvalue weighted by atomic mass is 79.9. The van der Waals surface area contributed by atoms with Crippen LogP contribution in [0, 0.1) is 6.92 Å². The van der Waals surface area contributed by atoms with Crippen molar-refractivity contribution in [1.29, 1.82) is 0 Å². The molecule has 6 nitrogen and oxygen atoms in total. The van der Waals surface area contributed by atoms with Crippen molar-refractivity contribution in [1.82, 2.24) is 0 Å². The van der Waals surface area contributed by atoms with Crippen molar-refractivity contribution >= 4 is 48.9 Å². The van der Waals surface area contributed by atoms with Crippen molar-refractivity contribution in [3.8, 4) is 0 Å². The minimum atomic E-state index is -3.95. The standard InChI is InChI=1S/C26H28BrN3O3S/c1-20-8-14-25(15-9-20)34(32,33)30(24-7-5-6-21(27)18-24)19-26(31)28-22-10-12-23(13-11-22)29-16-3-2-4-17-29/h5-15,18H,2-4,16-17,19H2,1H3,(H,28,31). The smallest absolute Gasteiger partial charge is 0.264 e. The Labute approximate surface area is 209 Å². The molecule has 0 radical (unpaired) electrons. The minimum Gasteiger partial charge on any atom is -0.372 e. The van der Waals surface area contributed by atoms with E-state index in [1.165, 1.54) is 19.3 Å². The lowest BCUT2D eigenvalue weighted by Gasteiger charge is -2.29. The van der Waals surface area contributed by atoms with E-state index in [0.717, 1.165) is 33.1 Å². The molecule has 0 aromatic heterocycles. The van der Waals surface area contributed by atoms with Crippen molar-refractivity contribution in [3.05, 3.63) is 82.8 Å². The summed E-state index contributed by atoms with van der Waals surface area (Å²) in [5.74, 6) is -0.415. The molecule has 0 bridgehead atoms. The van der Waals surface area contributed by atoms with E-state index in [1.807, 2.05) is 37.3 Å². The molecule has 1 aliphatic heterocycles. The molecule has 178 valence electrons. The number of anilines is 3. The van der Waals surface area contributed by atoms with Gasteiger partial charge in [-0.25, -0.2) is 8.42 Å². The third-order valence-corrected chi connectivity index (χ3v) is 8.15. The SMILES string of the molecule is Cc1ccc(S(=O)(=O)N(CC(=O)Nc2ccc(N3CCCCC3)cc2)c2cccc(Br)c2)cc1. The molecule has 1 saturated heterocycles. The number of carbonyl (C=O) groups is 1. The Bertz CT molecular complexity index is 1240. The van der Waals surface area contributed by atoms with Crippen LogP contribution >= 0.6 is 15.9 Å². The predicted molar refractivity (Wildman–Crippen MR) is 141 cm³/mol. The van der Waals surface area contributed by atoms with Gasteiger partial charge < -0.3 is 10.2 Å². The summed E-state index contributed by atoms with van der Waals surface area (Å²) in [6, 6.07) is 21.2. The number of rotatable bonds is 7. The fourth-order valence-electron chi connectivity index (χ4n) is 4.02. The number of sulfonamides is 1. The molecule has 34 heavy (non-hydrogen) atoms. The van der Waals surface area contributed by atoms with Crippen molar-refractivity contribution in [3.63, 3.8) is 0 Å². The Balaban J connectivity index is 1.54. The van der Waals surface area contributed by atoms with Gasteiger partial charge in [-0.05, 0) is 80.8 Å². The summed E-state index contributed by atoms with van der Waals surface area (Å²) >= 11 is 3.40. The molecule has 3 aromatic rings. The fourth-order valence-corrected chi connectivity index (χ4v) is 5.82. The maximum absolute atomic E-state index is 13.5. The number of aryl methyl sites for hydroxylation is 1. The summed E-state index contributed by atoms with van der Waals surface area (Å²) in [5.41, 5.74) is 3.13. The van der Waals surface area contributed by atoms with E-state index in [4.69, 9.17) is 0 Å². The number of hydrogen-bond donors (Lipinski definition) is 1. The molecule has 3 aromatic carbocycles. The van der Waals surface area contributed by atoms with Gasteiger partial charge in [-0.15, -0.1) is 0 Å². The van der Waals surface area contributed by atoms with Crippen molar-refractivity contribution < 1.29 is 13.2 Å². The second kappa shape index (κ2) is 10.6. The highest BCUT2D eigenvalue weighted by Crippen LogP contribution is 2.27. The van der Waals surface area contributed by atoms with Crippen LogP contribution in [0.4, 0.5) is 17.1 Å². The number of piperidine rings is 1. The molecule has 0 atom stereocenters. The first-order valence-corrected chi connectivity index (χ1v) is 13.6. The van der Waals surface area contributed by atoms with Crippen LogP contribution in [0.25, 0.3) is 0 Å². The first-order chi connectivity index (χ1) is 16.3. The first kappa shape index (κ1) is 24.3. The topological polar surface area (TPSA) is 69.7 Å². The van der Waals surface area contributed by atoms with E-state index in [9.17, 15) is 13.2 Å². The van der Waals surface area contributed by atoms with Crippen LogP contribution < -0.4 is 14.5 Å². The van der Waals surface area contributed by atoms with Crippen LogP contribution in [0.2, 0.25) is 0 Å². The van der Waals surface area contributed by atoms with Crippen LogP contribution in [-0.4, -0.2) is 34.0 Å². The average Bonchev–Trinajstić information content (AvgIpc) is 2.84. The highest BCUT2D eigenvalue weighted by Gasteiger charge is 2.27. The molecule has 1 fully saturated rings. The molecule has 1 heterocycles. The van der Waals surface area contributed by atoms with Crippen molar-refractivity contribution in [2.45, 2.75) is 31.1 Å². The van der Waals surface area contributed by atoms with Gasteiger partial charge in [0.05, 0.1) is 10.6 Å². The Hall–Kier alpha value is -2.84. The molecule has 0 spiro atoms. The quantitative estimate of drug-likeness (QED) is 0.423. The molecule has 0 saturated carbocycles. The van der Waals surface area contributed by atoms with E-state index in [2.05, 4.69) is 26.1 Å². The second-order valence-corrected chi connectivity index (χ2v) is 11.2. The zero-order valence-electron chi connectivity index (χ0n) is 19.1. The second-order valence-electron chi connectivity index (χ2n) is 8.45. The van der Waals surface area contributed by atoms with Gasteiger partial charge in [-0.2, -0.15) is 0 Å². The molecule has 1 aliphatic rings. The number of nitrogens with one attached hydrogen (secondary N) is 1. The number of nitrogens with zero attached hydrogens (tertiary/aromatic N) is 2. The van der Waals surface area contributed by atoms with Gasteiger partial charge >= 0.3 is 0 Å². The summed E-state index contributed by atoms with van der Waals surface area (Å²) in [5, 5.41) is 2.84. The van der Waals surface area contributed by atoms with Crippen molar-refractivity contribution in [2.75, 3.05) is 34.2 Å².